The molecule has 1 N–H and O–H groups in total. The highest BCUT2D eigenvalue weighted by molar-refractivity contribution is 9.09. The summed E-state index contributed by atoms with van der Waals surface area (Å²) >= 11 is 5.44. The first-order chi connectivity index (χ1) is 17.5. The Morgan fingerprint density at radius 1 is 1.22 bits per heavy atom. The van der Waals surface area contributed by atoms with Gasteiger partial charge in [0.1, 0.15) is 6.04 Å². The Bertz CT molecular complexity index is 877. The Balaban J connectivity index is 1.95. The van der Waals surface area contributed by atoms with E-state index in [0.29, 0.717) is 32.5 Å². The summed E-state index contributed by atoms with van der Waals surface area (Å²) in [6, 6.07) is -0.643. The molecule has 1 spiro atoms. The number of ether oxygens (including phenoxy) is 1. The number of rotatable bonds is 14. The van der Waals surface area contributed by atoms with Crippen LogP contribution in [0.1, 0.15) is 65.7 Å². The average molecular weight is 600 g/mol. The van der Waals surface area contributed by atoms with Crippen molar-refractivity contribution in [3.63, 3.8) is 0 Å². The van der Waals surface area contributed by atoms with Gasteiger partial charge in [0.25, 0.3) is 0 Å². The van der Waals surface area contributed by atoms with Gasteiger partial charge in [0.15, 0.2) is 0 Å². The second-order valence-electron chi connectivity index (χ2n) is 11.3. The number of alkyl halides is 1. The number of esters is 1. The van der Waals surface area contributed by atoms with Crippen molar-refractivity contribution in [2.45, 2.75) is 92.1 Å². The molecule has 3 heterocycles. The normalized spacial score (nSPS) is 30.4. The molecule has 0 aromatic heterocycles. The van der Waals surface area contributed by atoms with Crippen LogP contribution in [0.2, 0.25) is 0 Å². The van der Waals surface area contributed by atoms with Crippen LogP contribution in [-0.2, 0) is 19.1 Å². The molecular weight excluding hydrogens is 556 g/mol. The van der Waals surface area contributed by atoms with Gasteiger partial charge >= 0.3 is 5.97 Å². The van der Waals surface area contributed by atoms with E-state index in [1.807, 2.05) is 25.7 Å². The predicted octanol–water partition coefficient (Wildman–Crippen LogP) is 4.33. The maximum Gasteiger partial charge on any atom is 0.310 e. The van der Waals surface area contributed by atoms with Gasteiger partial charge in [0.05, 0.1) is 23.2 Å². The Kier molecular flexibility index (Phi) is 10.4. The molecule has 2 amide bonds. The minimum atomic E-state index is -0.673. The number of carbonyl (C=O) groups is 3. The second-order valence-corrected chi connectivity index (χ2v) is 14.1. The quantitative estimate of drug-likeness (QED) is 0.139. The van der Waals surface area contributed by atoms with E-state index in [0.717, 1.165) is 32.1 Å². The Labute approximate surface area is 234 Å². The van der Waals surface area contributed by atoms with Crippen molar-refractivity contribution in [3.05, 3.63) is 25.3 Å². The zero-order chi connectivity index (χ0) is 27.4. The van der Waals surface area contributed by atoms with Crippen LogP contribution in [0.3, 0.4) is 0 Å². The summed E-state index contributed by atoms with van der Waals surface area (Å²) in [6.45, 7) is 14.9. The lowest BCUT2D eigenvalue weighted by Crippen LogP contribution is -2.59. The Hall–Kier alpha value is -1.32. The lowest BCUT2D eigenvalue weighted by molar-refractivity contribution is -0.154. The molecule has 0 saturated carbocycles. The van der Waals surface area contributed by atoms with E-state index >= 15 is 0 Å². The highest BCUT2D eigenvalue weighted by atomic mass is 79.9. The molecule has 0 radical (unpaired) electrons. The minimum absolute atomic E-state index is 0.0228. The molecule has 9 heteroatoms. The third-order valence-electron chi connectivity index (χ3n) is 7.79. The fourth-order valence-corrected chi connectivity index (χ4v) is 9.73. The van der Waals surface area contributed by atoms with Crippen LogP contribution >= 0.6 is 27.7 Å². The van der Waals surface area contributed by atoms with Gasteiger partial charge < -0.3 is 19.6 Å². The van der Waals surface area contributed by atoms with Gasteiger partial charge in [0, 0.05) is 35.3 Å². The Morgan fingerprint density at radius 3 is 2.54 bits per heavy atom. The number of aliphatic hydroxyl groups excluding tert-OH is 1. The maximum absolute atomic E-state index is 14.3. The first-order valence-corrected chi connectivity index (χ1v) is 15.3. The molecule has 3 aliphatic rings. The van der Waals surface area contributed by atoms with Crippen molar-refractivity contribution in [3.8, 4) is 0 Å². The molecule has 3 aliphatic heterocycles. The summed E-state index contributed by atoms with van der Waals surface area (Å²) in [4.78, 5) is 45.4. The number of fused-ring (bicyclic) bond motifs is 1. The van der Waals surface area contributed by atoms with E-state index in [-0.39, 0.29) is 34.5 Å². The molecule has 208 valence electrons. The van der Waals surface area contributed by atoms with Crippen molar-refractivity contribution in [1.29, 1.82) is 0 Å². The summed E-state index contributed by atoms with van der Waals surface area (Å²) in [5, 5.41) is 9.01. The third-order valence-corrected chi connectivity index (χ3v) is 11.0. The number of allylic oxidation sites excluding steroid dienone is 1. The summed E-state index contributed by atoms with van der Waals surface area (Å²) < 4.78 is 4.98. The van der Waals surface area contributed by atoms with E-state index in [2.05, 4.69) is 29.1 Å². The molecule has 3 rings (SSSR count). The Morgan fingerprint density at radius 2 is 1.92 bits per heavy atom. The zero-order valence-electron chi connectivity index (χ0n) is 22.5. The van der Waals surface area contributed by atoms with Crippen LogP contribution in [0.15, 0.2) is 25.3 Å². The lowest BCUT2D eigenvalue weighted by Gasteiger charge is -2.42. The van der Waals surface area contributed by atoms with Crippen LogP contribution in [-0.4, -0.2) is 85.4 Å². The number of unbranched alkanes of at least 4 members (excludes halogenated alkanes) is 4. The van der Waals surface area contributed by atoms with Gasteiger partial charge in [-0.3, -0.25) is 14.4 Å². The minimum Gasteiger partial charge on any atom is -0.465 e. The first kappa shape index (κ1) is 30.2. The second kappa shape index (κ2) is 12.7. The van der Waals surface area contributed by atoms with Crippen LogP contribution in [0.25, 0.3) is 0 Å². The smallest absolute Gasteiger partial charge is 0.310 e. The summed E-state index contributed by atoms with van der Waals surface area (Å²) in [5.41, 5.74) is -0.450. The first-order valence-electron chi connectivity index (χ1n) is 13.5. The third kappa shape index (κ3) is 5.98. The zero-order valence-corrected chi connectivity index (χ0v) is 24.9. The van der Waals surface area contributed by atoms with E-state index < -0.39 is 28.2 Å². The monoisotopic (exact) mass is 598 g/mol. The number of aliphatic hydroxyl groups is 1. The van der Waals surface area contributed by atoms with E-state index in [1.165, 1.54) is 0 Å². The fourth-order valence-electron chi connectivity index (χ4n) is 6.13. The fraction of sp³-hybridized carbons (Fsp3) is 0.750. The number of nitrogens with zero attached hydrogens (tertiary/aromatic N) is 2. The molecule has 2 bridgehead atoms. The summed E-state index contributed by atoms with van der Waals surface area (Å²) in [7, 11) is 0. The van der Waals surface area contributed by atoms with E-state index in [1.54, 1.807) is 28.8 Å². The van der Waals surface area contributed by atoms with Crippen molar-refractivity contribution < 1.29 is 24.2 Å². The van der Waals surface area contributed by atoms with Crippen molar-refractivity contribution in [2.24, 2.45) is 11.8 Å². The molecule has 3 saturated heterocycles. The molecule has 37 heavy (non-hydrogen) atoms. The molecular formula is C28H43BrN2O5S. The summed E-state index contributed by atoms with van der Waals surface area (Å²) in [5.74, 6) is -1.65. The highest BCUT2D eigenvalue weighted by Gasteiger charge is 2.76. The largest absolute Gasteiger partial charge is 0.465 e. The van der Waals surface area contributed by atoms with Crippen molar-refractivity contribution >= 4 is 45.5 Å². The average Bonchev–Trinajstić information content (AvgIpc) is 3.42. The van der Waals surface area contributed by atoms with Crippen LogP contribution in [0.4, 0.5) is 0 Å². The maximum atomic E-state index is 14.3. The van der Waals surface area contributed by atoms with Crippen LogP contribution in [0, 0.1) is 11.8 Å². The van der Waals surface area contributed by atoms with Crippen molar-refractivity contribution in [2.75, 3.05) is 26.3 Å². The molecule has 0 aromatic rings. The molecule has 0 aromatic carbocycles. The van der Waals surface area contributed by atoms with Gasteiger partial charge in [-0.25, -0.2) is 0 Å². The molecule has 6 atom stereocenters. The van der Waals surface area contributed by atoms with Gasteiger partial charge in [-0.05, 0) is 52.9 Å². The number of hydrogen-bond acceptors (Lipinski definition) is 6. The van der Waals surface area contributed by atoms with Crippen LogP contribution < -0.4 is 0 Å². The van der Waals surface area contributed by atoms with Gasteiger partial charge in [0.2, 0.25) is 11.8 Å². The van der Waals surface area contributed by atoms with E-state index in [9.17, 15) is 14.4 Å². The molecule has 3 fully saturated rings. The highest BCUT2D eigenvalue weighted by Crippen LogP contribution is 2.68. The van der Waals surface area contributed by atoms with Gasteiger partial charge in [-0.2, -0.15) is 0 Å². The van der Waals surface area contributed by atoms with Gasteiger partial charge in [-0.15, -0.1) is 24.9 Å². The topological polar surface area (TPSA) is 87.2 Å². The lowest BCUT2D eigenvalue weighted by atomic mass is 9.71. The van der Waals surface area contributed by atoms with E-state index in [4.69, 9.17) is 9.84 Å². The summed E-state index contributed by atoms with van der Waals surface area (Å²) in [6.07, 6.45) is 8.85. The SMILES string of the molecule is C=CCCCOC(=O)[C@H]1[C@@H]2SC3(CC2Br)C(C(=O)N(CC=C)C(C)(C)C)N(CCCCCCO)C(=O)[C@H]13. The molecule has 7 nitrogen and oxygen atoms in total. The number of carbonyl (C=O) groups excluding carboxylic acids is 3. The number of likely N-dealkylation sites (tertiary alicyclic amines) is 1. The predicted molar refractivity (Wildman–Crippen MR) is 152 cm³/mol. The number of halogens is 1. The molecule has 3 unspecified atom stereocenters. The number of amides is 2. The standard InChI is InChI=1S/C28H43BrN2O5S/c1-6-8-13-17-36-26(35)20-21-24(33)30(15-11-9-10-12-16-32)23(28(21)18-19(29)22(20)37-28)25(34)31(14-7-2)27(3,4)5/h6-7,19-23,32H,1-2,8-18H2,3-5H3/t19?,20-,21+,22-,23?,28?/m1/s1. The molecule has 0 aliphatic carbocycles. The number of hydrogen-bond donors (Lipinski definition) is 1. The van der Waals surface area contributed by atoms with Crippen LogP contribution in [0.5, 0.6) is 0 Å². The van der Waals surface area contributed by atoms with Crippen molar-refractivity contribution in [1.82, 2.24) is 9.80 Å². The van der Waals surface area contributed by atoms with Gasteiger partial charge in [-0.1, -0.05) is 40.9 Å². The number of thioether (sulfide) groups is 1.